The standard InChI is InChI=1S/C29H27F4N5O/c1-17-7-8-35-25(11-17)26(19-3-4-19)36-27(39)21-13-18(16-38-10-9-37(2)28(38)34)12-20(14-21)23-6-5-22(30)15-24(23)29(31,32)33/h5-15,19,26,34H,3-4,16H2,1-2H3,(H,36,39). The summed E-state index contributed by atoms with van der Waals surface area (Å²) < 4.78 is 58.7. The van der Waals surface area contributed by atoms with Gasteiger partial charge in [0.2, 0.25) is 5.62 Å². The second-order valence-corrected chi connectivity index (χ2v) is 10.0. The molecule has 202 valence electrons. The molecule has 4 aromatic rings. The molecule has 0 bridgehead atoms. The summed E-state index contributed by atoms with van der Waals surface area (Å²) in [6.45, 7) is 2.09. The number of aryl methyl sites for hydroxylation is 2. The molecule has 2 aromatic heterocycles. The monoisotopic (exact) mass is 537 g/mol. The maximum Gasteiger partial charge on any atom is 0.417 e. The molecular formula is C29H27F4N5O. The van der Waals surface area contributed by atoms with Gasteiger partial charge >= 0.3 is 6.18 Å². The highest BCUT2D eigenvalue weighted by atomic mass is 19.4. The molecule has 0 saturated heterocycles. The number of rotatable bonds is 7. The van der Waals surface area contributed by atoms with Crippen LogP contribution >= 0.6 is 0 Å². The van der Waals surface area contributed by atoms with Crippen molar-refractivity contribution in [3.8, 4) is 11.1 Å². The van der Waals surface area contributed by atoms with Gasteiger partial charge in [0.25, 0.3) is 5.91 Å². The van der Waals surface area contributed by atoms with E-state index < -0.39 is 23.5 Å². The molecule has 1 aliphatic carbocycles. The third-order valence-electron chi connectivity index (χ3n) is 6.92. The van der Waals surface area contributed by atoms with E-state index in [9.17, 15) is 22.4 Å². The Kier molecular flexibility index (Phi) is 6.88. The molecule has 0 radical (unpaired) electrons. The van der Waals surface area contributed by atoms with E-state index in [1.54, 1.807) is 46.9 Å². The molecule has 1 unspecified atom stereocenters. The van der Waals surface area contributed by atoms with Crippen molar-refractivity contribution in [2.45, 2.75) is 38.5 Å². The fraction of sp³-hybridized carbons (Fsp3) is 0.276. The van der Waals surface area contributed by atoms with E-state index in [0.717, 1.165) is 36.2 Å². The highest BCUT2D eigenvalue weighted by Crippen LogP contribution is 2.41. The first-order valence-corrected chi connectivity index (χ1v) is 12.5. The Balaban J connectivity index is 1.58. The first-order chi connectivity index (χ1) is 18.5. The average molecular weight is 538 g/mol. The van der Waals surface area contributed by atoms with Gasteiger partial charge in [-0.2, -0.15) is 13.2 Å². The van der Waals surface area contributed by atoms with Gasteiger partial charge in [0.15, 0.2) is 0 Å². The number of carbonyl (C=O) groups is 1. The number of aromatic nitrogens is 3. The molecule has 2 aromatic carbocycles. The van der Waals surface area contributed by atoms with E-state index in [4.69, 9.17) is 5.41 Å². The molecule has 2 N–H and O–H groups in total. The van der Waals surface area contributed by atoms with Gasteiger partial charge in [0.1, 0.15) is 5.82 Å². The summed E-state index contributed by atoms with van der Waals surface area (Å²) >= 11 is 0. The number of amides is 1. The van der Waals surface area contributed by atoms with Crippen LogP contribution < -0.4 is 10.9 Å². The Morgan fingerprint density at radius 2 is 1.90 bits per heavy atom. The van der Waals surface area contributed by atoms with Crippen LogP contribution in [0.1, 0.15) is 51.6 Å². The summed E-state index contributed by atoms with van der Waals surface area (Å²) in [7, 11) is 1.71. The molecule has 1 saturated carbocycles. The fourth-order valence-electron chi connectivity index (χ4n) is 4.74. The Hall–Kier alpha value is -4.21. The summed E-state index contributed by atoms with van der Waals surface area (Å²) in [6, 6.07) is 10.5. The van der Waals surface area contributed by atoms with Gasteiger partial charge in [0.05, 0.1) is 23.8 Å². The lowest BCUT2D eigenvalue weighted by Crippen LogP contribution is -2.30. The quantitative estimate of drug-likeness (QED) is 0.294. The minimum atomic E-state index is -4.80. The first kappa shape index (κ1) is 26.4. The molecule has 5 rings (SSSR count). The van der Waals surface area contributed by atoms with Crippen molar-refractivity contribution < 1.29 is 22.4 Å². The second-order valence-electron chi connectivity index (χ2n) is 10.0. The number of halogens is 4. The van der Waals surface area contributed by atoms with E-state index in [2.05, 4.69) is 10.3 Å². The molecule has 1 amide bonds. The van der Waals surface area contributed by atoms with Crippen LogP contribution in [0.4, 0.5) is 17.6 Å². The van der Waals surface area contributed by atoms with E-state index in [-0.39, 0.29) is 40.8 Å². The van der Waals surface area contributed by atoms with Gasteiger partial charge in [-0.3, -0.25) is 15.2 Å². The fourth-order valence-corrected chi connectivity index (χ4v) is 4.74. The SMILES string of the molecule is Cc1ccnc(C(NC(=O)c2cc(Cn3ccn(C)c3=N)cc(-c3ccc(F)cc3C(F)(F)F)c2)C2CC2)c1. The minimum absolute atomic E-state index is 0.129. The molecular weight excluding hydrogens is 510 g/mol. The number of hydrogen-bond donors (Lipinski definition) is 2. The summed E-state index contributed by atoms with van der Waals surface area (Å²) in [5.41, 5.74) is 1.39. The Labute approximate surface area is 222 Å². The number of benzene rings is 2. The summed E-state index contributed by atoms with van der Waals surface area (Å²) in [6.07, 6.45) is 2.14. The zero-order valence-corrected chi connectivity index (χ0v) is 21.4. The van der Waals surface area contributed by atoms with Crippen molar-refractivity contribution in [3.63, 3.8) is 0 Å². The molecule has 10 heteroatoms. The molecule has 6 nitrogen and oxygen atoms in total. The van der Waals surface area contributed by atoms with E-state index in [1.165, 1.54) is 6.07 Å². The van der Waals surface area contributed by atoms with Crippen LogP contribution in [0.25, 0.3) is 11.1 Å². The summed E-state index contributed by atoms with van der Waals surface area (Å²) in [4.78, 5) is 18.0. The third-order valence-corrected chi connectivity index (χ3v) is 6.92. The van der Waals surface area contributed by atoms with Crippen LogP contribution in [0.15, 0.2) is 67.1 Å². The van der Waals surface area contributed by atoms with Gasteiger partial charge in [0, 0.05) is 31.2 Å². The van der Waals surface area contributed by atoms with Crippen molar-refractivity contribution in [2.24, 2.45) is 13.0 Å². The molecule has 1 fully saturated rings. The summed E-state index contributed by atoms with van der Waals surface area (Å²) in [5, 5.41) is 11.3. The van der Waals surface area contributed by atoms with Crippen LogP contribution in [0.2, 0.25) is 0 Å². The topological polar surface area (TPSA) is 75.7 Å². The molecule has 39 heavy (non-hydrogen) atoms. The Bertz CT molecular complexity index is 1600. The second kappa shape index (κ2) is 10.2. The van der Waals surface area contributed by atoms with Gasteiger partial charge in [-0.1, -0.05) is 6.07 Å². The maximum absolute atomic E-state index is 13.9. The number of carbonyl (C=O) groups excluding carboxylic acids is 1. The largest absolute Gasteiger partial charge is 0.417 e. The van der Waals surface area contributed by atoms with E-state index >= 15 is 0 Å². The molecule has 1 atom stereocenters. The normalized spacial score (nSPS) is 14.3. The zero-order valence-electron chi connectivity index (χ0n) is 21.4. The van der Waals surface area contributed by atoms with Crippen LogP contribution in [0.3, 0.4) is 0 Å². The highest BCUT2D eigenvalue weighted by Gasteiger charge is 2.36. The van der Waals surface area contributed by atoms with E-state index in [0.29, 0.717) is 11.6 Å². The lowest BCUT2D eigenvalue weighted by molar-refractivity contribution is -0.137. The number of alkyl halides is 3. The highest BCUT2D eigenvalue weighted by molar-refractivity contribution is 5.96. The lowest BCUT2D eigenvalue weighted by atomic mass is 9.95. The average Bonchev–Trinajstić information content (AvgIpc) is 3.68. The van der Waals surface area contributed by atoms with Crippen LogP contribution in [0.5, 0.6) is 0 Å². The smallest absolute Gasteiger partial charge is 0.343 e. The Morgan fingerprint density at radius 1 is 1.13 bits per heavy atom. The molecule has 0 spiro atoms. The number of pyridine rings is 1. The first-order valence-electron chi connectivity index (χ1n) is 12.5. The van der Waals surface area contributed by atoms with Gasteiger partial charge < -0.3 is 14.5 Å². The predicted octanol–water partition coefficient (Wildman–Crippen LogP) is 5.76. The van der Waals surface area contributed by atoms with Gasteiger partial charge in [-0.25, -0.2) is 4.39 Å². The number of hydrogen-bond acceptors (Lipinski definition) is 3. The van der Waals surface area contributed by atoms with Gasteiger partial charge in [-0.15, -0.1) is 0 Å². The van der Waals surface area contributed by atoms with Crippen LogP contribution in [0, 0.1) is 24.1 Å². The lowest BCUT2D eigenvalue weighted by Gasteiger charge is -2.20. The third kappa shape index (κ3) is 5.79. The van der Waals surface area contributed by atoms with Crippen LogP contribution in [-0.2, 0) is 19.8 Å². The Morgan fingerprint density at radius 3 is 2.54 bits per heavy atom. The maximum atomic E-state index is 13.9. The van der Waals surface area contributed by atoms with E-state index in [1.807, 2.05) is 19.1 Å². The number of nitrogens with zero attached hydrogens (tertiary/aromatic N) is 3. The van der Waals surface area contributed by atoms with Crippen molar-refractivity contribution in [2.75, 3.05) is 0 Å². The van der Waals surface area contributed by atoms with Crippen molar-refractivity contribution >= 4 is 5.91 Å². The zero-order chi connectivity index (χ0) is 27.9. The molecule has 0 aliphatic heterocycles. The molecule has 1 aliphatic rings. The predicted molar refractivity (Wildman–Crippen MR) is 137 cm³/mol. The van der Waals surface area contributed by atoms with Crippen LogP contribution in [-0.4, -0.2) is 20.0 Å². The molecule has 2 heterocycles. The van der Waals surface area contributed by atoms with Crippen molar-refractivity contribution in [1.82, 2.24) is 19.4 Å². The minimum Gasteiger partial charge on any atom is -0.343 e. The van der Waals surface area contributed by atoms with Crippen molar-refractivity contribution in [3.05, 3.63) is 107 Å². The number of nitrogens with one attached hydrogen (secondary N) is 2. The number of imidazole rings is 1. The van der Waals surface area contributed by atoms with Crippen molar-refractivity contribution in [1.29, 1.82) is 5.41 Å². The van der Waals surface area contributed by atoms with Gasteiger partial charge in [-0.05, 0) is 90.4 Å². The summed E-state index contributed by atoms with van der Waals surface area (Å²) in [5.74, 6) is -1.22.